The van der Waals surface area contributed by atoms with E-state index in [-0.39, 0.29) is 11.3 Å². The molecule has 5 N–H and O–H groups in total. The van der Waals surface area contributed by atoms with E-state index in [0.29, 0.717) is 23.5 Å². The van der Waals surface area contributed by atoms with Crippen LogP contribution in [0.1, 0.15) is 29.6 Å². The standard InChI is InChI=1S/C14H21N3O2/c1-19-7-6-14(4-5-14)9-17-13(18)11-3-2-10(15)8-12(11)16/h2-3,8H,4-7,9,15-16H2,1H3,(H,17,18). The fourth-order valence-electron chi connectivity index (χ4n) is 2.16. The van der Waals surface area contributed by atoms with E-state index >= 15 is 0 Å². The summed E-state index contributed by atoms with van der Waals surface area (Å²) in [5.41, 5.74) is 13.1. The van der Waals surface area contributed by atoms with Crippen LogP contribution in [-0.2, 0) is 4.74 Å². The summed E-state index contributed by atoms with van der Waals surface area (Å²) in [5, 5.41) is 2.96. The summed E-state index contributed by atoms with van der Waals surface area (Å²) in [7, 11) is 1.70. The molecule has 104 valence electrons. The normalized spacial score (nSPS) is 16.1. The van der Waals surface area contributed by atoms with E-state index < -0.39 is 0 Å². The van der Waals surface area contributed by atoms with Crippen LogP contribution in [0, 0.1) is 5.41 Å². The van der Waals surface area contributed by atoms with Crippen molar-refractivity contribution in [1.82, 2.24) is 5.32 Å². The number of hydrogen-bond donors (Lipinski definition) is 3. The number of rotatable bonds is 6. The molecule has 1 amide bonds. The van der Waals surface area contributed by atoms with Gasteiger partial charge in [-0.05, 0) is 42.9 Å². The van der Waals surface area contributed by atoms with Gasteiger partial charge in [0.2, 0.25) is 0 Å². The van der Waals surface area contributed by atoms with Crippen molar-refractivity contribution in [2.75, 3.05) is 31.7 Å². The number of amides is 1. The van der Waals surface area contributed by atoms with Crippen LogP contribution in [0.2, 0.25) is 0 Å². The van der Waals surface area contributed by atoms with Crippen molar-refractivity contribution < 1.29 is 9.53 Å². The van der Waals surface area contributed by atoms with Crippen LogP contribution in [0.15, 0.2) is 18.2 Å². The zero-order valence-electron chi connectivity index (χ0n) is 11.2. The number of nitrogens with one attached hydrogen (secondary N) is 1. The smallest absolute Gasteiger partial charge is 0.253 e. The van der Waals surface area contributed by atoms with E-state index in [2.05, 4.69) is 5.32 Å². The highest BCUT2D eigenvalue weighted by Crippen LogP contribution is 2.48. The maximum atomic E-state index is 12.1. The van der Waals surface area contributed by atoms with Crippen molar-refractivity contribution >= 4 is 17.3 Å². The van der Waals surface area contributed by atoms with Crippen LogP contribution in [0.3, 0.4) is 0 Å². The lowest BCUT2D eigenvalue weighted by Gasteiger charge is -2.16. The quantitative estimate of drug-likeness (QED) is 0.677. The molecule has 0 atom stereocenters. The molecule has 1 saturated carbocycles. The summed E-state index contributed by atoms with van der Waals surface area (Å²) < 4.78 is 5.09. The van der Waals surface area contributed by atoms with Crippen molar-refractivity contribution in [1.29, 1.82) is 0 Å². The zero-order chi connectivity index (χ0) is 13.9. The molecule has 0 unspecified atom stereocenters. The monoisotopic (exact) mass is 263 g/mol. The van der Waals surface area contributed by atoms with E-state index in [1.165, 1.54) is 0 Å². The van der Waals surface area contributed by atoms with Crippen LogP contribution in [0.4, 0.5) is 11.4 Å². The Hall–Kier alpha value is -1.75. The fraction of sp³-hybridized carbons (Fsp3) is 0.500. The van der Waals surface area contributed by atoms with E-state index in [4.69, 9.17) is 16.2 Å². The number of carbonyl (C=O) groups excluding carboxylic acids is 1. The molecule has 1 aromatic rings. The third-order valence-electron chi connectivity index (χ3n) is 3.74. The van der Waals surface area contributed by atoms with Crippen LogP contribution in [0.5, 0.6) is 0 Å². The first-order chi connectivity index (χ1) is 9.06. The molecule has 5 heteroatoms. The largest absolute Gasteiger partial charge is 0.399 e. The van der Waals surface area contributed by atoms with Gasteiger partial charge in [0.1, 0.15) is 0 Å². The van der Waals surface area contributed by atoms with Gasteiger partial charge in [-0.3, -0.25) is 4.79 Å². The van der Waals surface area contributed by atoms with Crippen molar-refractivity contribution in [3.8, 4) is 0 Å². The Labute approximate surface area is 113 Å². The number of anilines is 2. The zero-order valence-corrected chi connectivity index (χ0v) is 11.2. The summed E-state index contributed by atoms with van der Waals surface area (Å²) >= 11 is 0. The molecule has 1 aliphatic rings. The molecule has 5 nitrogen and oxygen atoms in total. The molecular weight excluding hydrogens is 242 g/mol. The highest BCUT2D eigenvalue weighted by atomic mass is 16.5. The lowest BCUT2D eigenvalue weighted by molar-refractivity contribution is 0.0939. The van der Waals surface area contributed by atoms with Crippen LogP contribution < -0.4 is 16.8 Å². The van der Waals surface area contributed by atoms with Crippen LogP contribution >= 0.6 is 0 Å². The first kappa shape index (κ1) is 13.7. The Morgan fingerprint density at radius 1 is 1.42 bits per heavy atom. The number of nitrogens with two attached hydrogens (primary N) is 2. The number of nitrogen functional groups attached to an aromatic ring is 2. The van der Waals surface area contributed by atoms with Crippen molar-refractivity contribution in [2.24, 2.45) is 5.41 Å². The molecule has 1 aromatic carbocycles. The van der Waals surface area contributed by atoms with Gasteiger partial charge in [0.25, 0.3) is 5.91 Å². The molecular formula is C14H21N3O2. The maximum Gasteiger partial charge on any atom is 0.253 e. The summed E-state index contributed by atoms with van der Waals surface area (Å²) in [5.74, 6) is -0.138. The molecule has 2 rings (SSSR count). The Balaban J connectivity index is 1.91. The number of hydrogen-bond acceptors (Lipinski definition) is 4. The SMILES string of the molecule is COCCC1(CNC(=O)c2ccc(N)cc2N)CC1. The number of methoxy groups -OCH3 is 1. The van der Waals surface area contributed by atoms with Gasteiger partial charge in [-0.15, -0.1) is 0 Å². The Bertz CT molecular complexity index is 470. The Kier molecular flexibility index (Phi) is 3.95. The minimum atomic E-state index is -0.138. The first-order valence-corrected chi connectivity index (χ1v) is 6.48. The minimum Gasteiger partial charge on any atom is -0.399 e. The third kappa shape index (κ3) is 3.38. The molecule has 0 aliphatic heterocycles. The predicted octanol–water partition coefficient (Wildman–Crippen LogP) is 1.40. The molecule has 0 saturated heterocycles. The first-order valence-electron chi connectivity index (χ1n) is 6.48. The second-order valence-electron chi connectivity index (χ2n) is 5.27. The summed E-state index contributed by atoms with van der Waals surface area (Å²) in [6, 6.07) is 4.95. The van der Waals surface area contributed by atoms with Gasteiger partial charge in [0.05, 0.1) is 5.56 Å². The van der Waals surface area contributed by atoms with Gasteiger partial charge in [-0.25, -0.2) is 0 Å². The van der Waals surface area contributed by atoms with Gasteiger partial charge in [0, 0.05) is 31.6 Å². The maximum absolute atomic E-state index is 12.1. The lowest BCUT2D eigenvalue weighted by atomic mass is 10.0. The molecule has 1 fully saturated rings. The average Bonchev–Trinajstić information content (AvgIpc) is 3.14. The van der Waals surface area contributed by atoms with Crippen LogP contribution in [0.25, 0.3) is 0 Å². The highest BCUT2D eigenvalue weighted by Gasteiger charge is 2.42. The minimum absolute atomic E-state index is 0.138. The van der Waals surface area contributed by atoms with Gasteiger partial charge >= 0.3 is 0 Å². The van der Waals surface area contributed by atoms with Crippen molar-refractivity contribution in [3.63, 3.8) is 0 Å². The number of ether oxygens (including phenoxy) is 1. The van der Waals surface area contributed by atoms with E-state index in [9.17, 15) is 4.79 Å². The lowest BCUT2D eigenvalue weighted by Crippen LogP contribution is -2.31. The van der Waals surface area contributed by atoms with Gasteiger partial charge in [0.15, 0.2) is 0 Å². The average molecular weight is 263 g/mol. The second kappa shape index (κ2) is 5.48. The van der Waals surface area contributed by atoms with Crippen molar-refractivity contribution in [3.05, 3.63) is 23.8 Å². The number of benzene rings is 1. The Morgan fingerprint density at radius 2 is 2.16 bits per heavy atom. The number of carbonyl (C=O) groups is 1. The second-order valence-corrected chi connectivity index (χ2v) is 5.27. The van der Waals surface area contributed by atoms with Gasteiger partial charge in [-0.1, -0.05) is 0 Å². The molecule has 0 radical (unpaired) electrons. The predicted molar refractivity (Wildman–Crippen MR) is 75.8 cm³/mol. The topological polar surface area (TPSA) is 90.4 Å². The highest BCUT2D eigenvalue weighted by molar-refractivity contribution is 5.99. The molecule has 0 bridgehead atoms. The molecule has 0 heterocycles. The fourth-order valence-corrected chi connectivity index (χ4v) is 2.16. The third-order valence-corrected chi connectivity index (χ3v) is 3.74. The molecule has 0 aromatic heterocycles. The molecule has 0 spiro atoms. The molecule has 19 heavy (non-hydrogen) atoms. The van der Waals surface area contributed by atoms with E-state index in [1.54, 1.807) is 25.3 Å². The van der Waals surface area contributed by atoms with Gasteiger partial charge in [-0.2, -0.15) is 0 Å². The van der Waals surface area contributed by atoms with E-state index in [0.717, 1.165) is 25.9 Å². The van der Waals surface area contributed by atoms with Gasteiger partial charge < -0.3 is 21.5 Å². The molecule has 1 aliphatic carbocycles. The summed E-state index contributed by atoms with van der Waals surface area (Å²) in [4.78, 5) is 12.1. The van der Waals surface area contributed by atoms with Crippen molar-refractivity contribution in [2.45, 2.75) is 19.3 Å². The van der Waals surface area contributed by atoms with Crippen LogP contribution in [-0.4, -0.2) is 26.2 Å². The van der Waals surface area contributed by atoms with E-state index in [1.807, 2.05) is 0 Å². The Morgan fingerprint density at radius 3 is 2.74 bits per heavy atom. The summed E-state index contributed by atoms with van der Waals surface area (Å²) in [6.45, 7) is 1.42. The summed E-state index contributed by atoms with van der Waals surface area (Å²) in [6.07, 6.45) is 3.28.